The van der Waals surface area contributed by atoms with Gasteiger partial charge in [0.2, 0.25) is 0 Å². The van der Waals surface area contributed by atoms with Gasteiger partial charge in [-0.15, -0.1) is 0 Å². The van der Waals surface area contributed by atoms with Gasteiger partial charge in [0.15, 0.2) is 0 Å². The number of aliphatic carboxylic acids is 1. The van der Waals surface area contributed by atoms with Crippen LogP contribution in [0.5, 0.6) is 0 Å². The minimum atomic E-state index is -1.00. The molecule has 0 fully saturated rings. The van der Waals surface area contributed by atoms with Gasteiger partial charge in [-0.2, -0.15) is 0 Å². The van der Waals surface area contributed by atoms with Crippen molar-refractivity contribution in [2.45, 2.75) is 12.5 Å². The first-order valence-electron chi connectivity index (χ1n) is 5.99. The van der Waals surface area contributed by atoms with Crippen LogP contribution in [-0.4, -0.2) is 27.1 Å². The van der Waals surface area contributed by atoms with Crippen LogP contribution < -0.4 is 5.73 Å². The Morgan fingerprint density at radius 3 is 3.00 bits per heavy atom. The summed E-state index contributed by atoms with van der Waals surface area (Å²) in [7, 11) is 0. The van der Waals surface area contributed by atoms with Crippen molar-refractivity contribution in [3.05, 3.63) is 42.2 Å². The first kappa shape index (κ1) is 11.7. The van der Waals surface area contributed by atoms with Gasteiger partial charge < -0.3 is 15.8 Å². The molecule has 19 heavy (non-hydrogen) atoms. The van der Waals surface area contributed by atoms with Crippen molar-refractivity contribution in [2.75, 3.05) is 0 Å². The van der Waals surface area contributed by atoms with E-state index in [2.05, 4.69) is 9.97 Å². The molecule has 0 aliphatic carbocycles. The van der Waals surface area contributed by atoms with Crippen molar-refractivity contribution in [2.24, 2.45) is 5.73 Å². The molecule has 1 aromatic carbocycles. The van der Waals surface area contributed by atoms with Gasteiger partial charge in [0.25, 0.3) is 0 Å². The maximum Gasteiger partial charge on any atom is 0.320 e. The van der Waals surface area contributed by atoms with Crippen molar-refractivity contribution in [1.82, 2.24) is 9.97 Å². The summed E-state index contributed by atoms with van der Waals surface area (Å²) in [6.45, 7) is 0. The monoisotopic (exact) mass is 255 g/mol. The number of nitrogens with one attached hydrogen (secondary N) is 1. The molecule has 0 aliphatic heterocycles. The van der Waals surface area contributed by atoms with E-state index >= 15 is 0 Å². The van der Waals surface area contributed by atoms with E-state index in [1.54, 1.807) is 12.4 Å². The quantitative estimate of drug-likeness (QED) is 0.663. The normalized spacial score (nSPS) is 12.9. The Hall–Kier alpha value is -2.40. The van der Waals surface area contributed by atoms with E-state index in [9.17, 15) is 4.79 Å². The highest BCUT2D eigenvalue weighted by Crippen LogP contribution is 2.25. The van der Waals surface area contributed by atoms with Gasteiger partial charge in [-0.3, -0.25) is 9.78 Å². The van der Waals surface area contributed by atoms with Crippen molar-refractivity contribution in [3.8, 4) is 0 Å². The summed E-state index contributed by atoms with van der Waals surface area (Å²) in [5.41, 5.74) is 8.11. The lowest BCUT2D eigenvalue weighted by molar-refractivity contribution is -0.138. The third-order valence-electron chi connectivity index (χ3n) is 3.25. The summed E-state index contributed by atoms with van der Waals surface area (Å²) in [5.74, 6) is -1.00. The molecule has 0 aliphatic rings. The average Bonchev–Trinajstić information content (AvgIpc) is 2.82. The second-order valence-electron chi connectivity index (χ2n) is 4.53. The zero-order valence-corrected chi connectivity index (χ0v) is 10.1. The van der Waals surface area contributed by atoms with E-state index in [4.69, 9.17) is 10.8 Å². The molecule has 0 spiro atoms. The maximum atomic E-state index is 10.8. The van der Waals surface area contributed by atoms with Gasteiger partial charge >= 0.3 is 5.97 Å². The lowest BCUT2D eigenvalue weighted by Gasteiger charge is -2.04. The molecular formula is C14H13N3O2. The van der Waals surface area contributed by atoms with Crippen molar-refractivity contribution >= 4 is 27.8 Å². The Kier molecular flexibility index (Phi) is 2.68. The zero-order chi connectivity index (χ0) is 13.4. The lowest BCUT2D eigenvalue weighted by Crippen LogP contribution is -2.32. The van der Waals surface area contributed by atoms with Crippen LogP contribution in [-0.2, 0) is 11.2 Å². The number of benzene rings is 1. The predicted molar refractivity (Wildman–Crippen MR) is 72.9 cm³/mol. The van der Waals surface area contributed by atoms with E-state index in [1.807, 2.05) is 24.3 Å². The minimum Gasteiger partial charge on any atom is -0.480 e. The van der Waals surface area contributed by atoms with Gasteiger partial charge in [0, 0.05) is 29.6 Å². The molecule has 2 heterocycles. The molecule has 0 radical (unpaired) electrons. The van der Waals surface area contributed by atoms with Crippen LogP contribution in [0.4, 0.5) is 0 Å². The second-order valence-corrected chi connectivity index (χ2v) is 4.53. The van der Waals surface area contributed by atoms with Crippen molar-refractivity contribution < 1.29 is 9.90 Å². The molecule has 0 saturated heterocycles. The number of hydrogen-bond acceptors (Lipinski definition) is 3. The number of hydrogen-bond donors (Lipinski definition) is 3. The highest BCUT2D eigenvalue weighted by atomic mass is 16.4. The number of rotatable bonds is 3. The standard InChI is InChI=1S/C14H13N3O2/c15-11(14(18)19)5-9-7-17-13-10-4-2-1-3-8(10)6-16-12(9)13/h1-4,6-7,11,17H,5,15H2,(H,18,19)/t11-/m0/s1. The predicted octanol–water partition coefficient (Wildman–Crippen LogP) is 1.67. The van der Waals surface area contributed by atoms with Gasteiger partial charge in [-0.25, -0.2) is 0 Å². The number of carboxylic acids is 1. The number of H-pyrrole nitrogens is 1. The smallest absolute Gasteiger partial charge is 0.320 e. The van der Waals surface area contributed by atoms with E-state index in [0.717, 1.165) is 27.4 Å². The number of pyridine rings is 1. The van der Waals surface area contributed by atoms with Gasteiger partial charge in [0.1, 0.15) is 6.04 Å². The topological polar surface area (TPSA) is 92.0 Å². The third kappa shape index (κ3) is 1.94. The number of nitrogens with zero attached hydrogens (tertiary/aromatic N) is 1. The maximum absolute atomic E-state index is 10.8. The Bertz CT molecular complexity index is 764. The molecule has 0 unspecified atom stereocenters. The number of fused-ring (bicyclic) bond motifs is 3. The van der Waals surface area contributed by atoms with Crippen LogP contribution in [0.1, 0.15) is 5.56 Å². The SMILES string of the molecule is N[C@@H](Cc1c[nH]c2c1ncc1ccccc12)C(=O)O. The zero-order valence-electron chi connectivity index (χ0n) is 10.1. The molecule has 3 aromatic rings. The number of aromatic amines is 1. The molecule has 0 amide bonds. The first-order valence-corrected chi connectivity index (χ1v) is 5.99. The van der Waals surface area contributed by atoms with Gasteiger partial charge in [0.05, 0.1) is 11.0 Å². The summed E-state index contributed by atoms with van der Waals surface area (Å²) in [6, 6.07) is 7.01. The van der Waals surface area contributed by atoms with Crippen LogP contribution >= 0.6 is 0 Å². The summed E-state index contributed by atoms with van der Waals surface area (Å²) in [5, 5.41) is 11.0. The summed E-state index contributed by atoms with van der Waals surface area (Å²) in [4.78, 5) is 18.4. The highest BCUT2D eigenvalue weighted by Gasteiger charge is 2.16. The van der Waals surface area contributed by atoms with Crippen LogP contribution in [0, 0.1) is 0 Å². The Morgan fingerprint density at radius 2 is 2.21 bits per heavy atom. The Balaban J connectivity index is 2.13. The van der Waals surface area contributed by atoms with Gasteiger partial charge in [-0.05, 0) is 5.56 Å². The molecule has 0 saturated carbocycles. The van der Waals surface area contributed by atoms with Crippen LogP contribution in [0.15, 0.2) is 36.7 Å². The summed E-state index contributed by atoms with van der Waals surface area (Å²) in [6.07, 6.45) is 3.84. The molecule has 96 valence electrons. The van der Waals surface area contributed by atoms with Crippen molar-refractivity contribution in [3.63, 3.8) is 0 Å². The Morgan fingerprint density at radius 1 is 1.42 bits per heavy atom. The molecule has 2 aromatic heterocycles. The Labute approximate surface area is 109 Å². The second kappa shape index (κ2) is 4.37. The minimum absolute atomic E-state index is 0.265. The fourth-order valence-electron chi connectivity index (χ4n) is 2.26. The summed E-state index contributed by atoms with van der Waals surface area (Å²) >= 11 is 0. The molecule has 1 atom stereocenters. The largest absolute Gasteiger partial charge is 0.480 e. The fraction of sp³-hybridized carbons (Fsp3) is 0.143. The van der Waals surface area contributed by atoms with E-state index in [1.165, 1.54) is 0 Å². The van der Waals surface area contributed by atoms with E-state index in [-0.39, 0.29) is 6.42 Å². The van der Waals surface area contributed by atoms with E-state index in [0.29, 0.717) is 0 Å². The summed E-state index contributed by atoms with van der Waals surface area (Å²) < 4.78 is 0. The number of nitrogens with two attached hydrogens (primary N) is 1. The van der Waals surface area contributed by atoms with E-state index < -0.39 is 12.0 Å². The molecule has 0 bridgehead atoms. The highest BCUT2D eigenvalue weighted by molar-refractivity contribution is 6.04. The average molecular weight is 255 g/mol. The third-order valence-corrected chi connectivity index (χ3v) is 3.25. The number of aromatic nitrogens is 2. The van der Waals surface area contributed by atoms with Crippen LogP contribution in [0.3, 0.4) is 0 Å². The first-order chi connectivity index (χ1) is 9.16. The van der Waals surface area contributed by atoms with Crippen LogP contribution in [0.25, 0.3) is 21.8 Å². The molecule has 5 nitrogen and oxygen atoms in total. The fourth-order valence-corrected chi connectivity index (χ4v) is 2.26. The number of carboxylic acid groups (broad SMARTS) is 1. The number of carbonyl (C=O) groups is 1. The van der Waals surface area contributed by atoms with Crippen molar-refractivity contribution in [1.29, 1.82) is 0 Å². The van der Waals surface area contributed by atoms with Crippen LogP contribution in [0.2, 0.25) is 0 Å². The molecular weight excluding hydrogens is 242 g/mol. The van der Waals surface area contributed by atoms with Gasteiger partial charge in [-0.1, -0.05) is 24.3 Å². The molecule has 5 heteroatoms. The lowest BCUT2D eigenvalue weighted by atomic mass is 10.1. The molecule has 3 rings (SSSR count). The molecule has 4 N–H and O–H groups in total.